The summed E-state index contributed by atoms with van der Waals surface area (Å²) in [6, 6.07) is 17.0. The van der Waals surface area contributed by atoms with Gasteiger partial charge in [-0.1, -0.05) is 74.7 Å². The van der Waals surface area contributed by atoms with Crippen LogP contribution in [0.4, 0.5) is 0 Å². The van der Waals surface area contributed by atoms with E-state index in [1.807, 2.05) is 0 Å². The molecule has 0 aliphatic heterocycles. The number of benzene rings is 2. The first-order valence-corrected chi connectivity index (χ1v) is 8.93. The van der Waals surface area contributed by atoms with Crippen molar-refractivity contribution in [3.05, 3.63) is 59.7 Å². The summed E-state index contributed by atoms with van der Waals surface area (Å²) in [5, 5.41) is 0. The molecule has 2 aromatic rings. The molecule has 0 aromatic heterocycles. The molecule has 0 radical (unpaired) electrons. The predicted octanol–water partition coefficient (Wildman–Crippen LogP) is 4.99. The molecule has 0 saturated carbocycles. The number of rotatable bonds is 8. The number of carbonyl (C=O) groups is 1. The smallest absolute Gasteiger partial charge is 0.124 e. The molecule has 0 bridgehead atoms. The molecular formula is C22H26O2. The Hall–Kier alpha value is -1.93. The van der Waals surface area contributed by atoms with Crippen molar-refractivity contribution in [2.45, 2.75) is 38.0 Å². The second-order valence-electron chi connectivity index (χ2n) is 6.73. The SMILES string of the molecule is CCCCCC(C=O)C1(COC)c2ccccc2-c2ccccc21. The number of unbranched alkanes of at least 4 members (excludes halogenated alkanes) is 2. The molecule has 2 heteroatoms. The van der Waals surface area contributed by atoms with E-state index in [0.29, 0.717) is 6.61 Å². The lowest BCUT2D eigenvalue weighted by atomic mass is 9.67. The van der Waals surface area contributed by atoms with E-state index >= 15 is 0 Å². The average Bonchev–Trinajstić information content (AvgIpc) is 2.91. The van der Waals surface area contributed by atoms with Crippen LogP contribution in [0.3, 0.4) is 0 Å². The van der Waals surface area contributed by atoms with Gasteiger partial charge in [0, 0.05) is 13.0 Å². The van der Waals surface area contributed by atoms with Crippen LogP contribution < -0.4 is 0 Å². The Morgan fingerprint density at radius 2 is 1.58 bits per heavy atom. The molecule has 0 fully saturated rings. The lowest BCUT2D eigenvalue weighted by Gasteiger charge is -2.36. The molecule has 1 aliphatic rings. The zero-order chi connectivity index (χ0) is 17.0. The third-order valence-electron chi connectivity index (χ3n) is 5.39. The first-order valence-electron chi connectivity index (χ1n) is 8.93. The number of hydrogen-bond acceptors (Lipinski definition) is 2. The maximum absolute atomic E-state index is 12.1. The predicted molar refractivity (Wildman–Crippen MR) is 98.2 cm³/mol. The van der Waals surface area contributed by atoms with Crippen LogP contribution in [-0.4, -0.2) is 20.0 Å². The van der Waals surface area contributed by atoms with Gasteiger partial charge in [0.1, 0.15) is 6.29 Å². The van der Waals surface area contributed by atoms with Gasteiger partial charge in [0.05, 0.1) is 12.0 Å². The number of fused-ring (bicyclic) bond motifs is 3. The number of ether oxygens (including phenoxy) is 1. The Bertz CT molecular complexity index is 659. The van der Waals surface area contributed by atoms with Crippen molar-refractivity contribution in [3.63, 3.8) is 0 Å². The lowest BCUT2D eigenvalue weighted by molar-refractivity contribution is -0.113. The fourth-order valence-electron chi connectivity index (χ4n) is 4.29. The summed E-state index contributed by atoms with van der Waals surface area (Å²) in [7, 11) is 1.74. The third-order valence-corrected chi connectivity index (χ3v) is 5.39. The summed E-state index contributed by atoms with van der Waals surface area (Å²) >= 11 is 0. The van der Waals surface area contributed by atoms with Gasteiger partial charge >= 0.3 is 0 Å². The standard InChI is InChI=1S/C22H26O2/c1-3-4-5-10-17(15-23)22(16-24-2)20-13-8-6-11-18(20)19-12-7-9-14-21(19)22/h6-9,11-15,17H,3-5,10,16H2,1-2H3. The third kappa shape index (κ3) is 2.59. The average molecular weight is 322 g/mol. The fourth-order valence-corrected chi connectivity index (χ4v) is 4.29. The van der Waals surface area contributed by atoms with Crippen molar-refractivity contribution in [2.75, 3.05) is 13.7 Å². The van der Waals surface area contributed by atoms with E-state index in [9.17, 15) is 4.79 Å². The van der Waals surface area contributed by atoms with Crippen molar-refractivity contribution in [3.8, 4) is 11.1 Å². The van der Waals surface area contributed by atoms with Crippen molar-refractivity contribution in [2.24, 2.45) is 5.92 Å². The summed E-state index contributed by atoms with van der Waals surface area (Å²) in [5.41, 5.74) is 4.60. The summed E-state index contributed by atoms with van der Waals surface area (Å²) in [5.74, 6) is -0.0613. The molecule has 0 N–H and O–H groups in total. The van der Waals surface area contributed by atoms with Crippen molar-refractivity contribution in [1.29, 1.82) is 0 Å². The summed E-state index contributed by atoms with van der Waals surface area (Å²) in [6.07, 6.45) is 5.47. The highest BCUT2D eigenvalue weighted by Gasteiger charge is 2.48. The maximum atomic E-state index is 12.1. The van der Waals surface area contributed by atoms with Crippen LogP contribution in [0.25, 0.3) is 11.1 Å². The van der Waals surface area contributed by atoms with E-state index in [0.717, 1.165) is 32.0 Å². The minimum Gasteiger partial charge on any atom is -0.383 e. The monoisotopic (exact) mass is 322 g/mol. The minimum absolute atomic E-state index is 0.0613. The van der Waals surface area contributed by atoms with E-state index in [1.165, 1.54) is 22.3 Å². The van der Waals surface area contributed by atoms with Gasteiger partial charge in [0.2, 0.25) is 0 Å². The number of methoxy groups -OCH3 is 1. The molecule has 24 heavy (non-hydrogen) atoms. The molecule has 0 saturated heterocycles. The Labute approximate surface area is 144 Å². The maximum Gasteiger partial charge on any atom is 0.124 e. The summed E-state index contributed by atoms with van der Waals surface area (Å²) in [4.78, 5) is 12.1. The highest BCUT2D eigenvalue weighted by atomic mass is 16.5. The van der Waals surface area contributed by atoms with E-state index in [-0.39, 0.29) is 11.3 Å². The lowest BCUT2D eigenvalue weighted by Crippen LogP contribution is -2.40. The summed E-state index contributed by atoms with van der Waals surface area (Å²) < 4.78 is 5.67. The van der Waals surface area contributed by atoms with Gasteiger partial charge in [-0.25, -0.2) is 0 Å². The molecule has 1 aliphatic carbocycles. The molecule has 3 rings (SSSR count). The van der Waals surface area contributed by atoms with Crippen LogP contribution in [0.1, 0.15) is 43.7 Å². The van der Waals surface area contributed by atoms with Crippen LogP contribution in [0.2, 0.25) is 0 Å². The van der Waals surface area contributed by atoms with E-state index in [4.69, 9.17) is 4.74 Å². The molecule has 0 heterocycles. The van der Waals surface area contributed by atoms with Gasteiger partial charge in [0.25, 0.3) is 0 Å². The zero-order valence-electron chi connectivity index (χ0n) is 14.6. The van der Waals surface area contributed by atoms with Crippen molar-refractivity contribution >= 4 is 6.29 Å². The summed E-state index contributed by atoms with van der Waals surface area (Å²) in [6.45, 7) is 2.73. The second kappa shape index (κ2) is 7.31. The number of hydrogen-bond donors (Lipinski definition) is 0. The highest BCUT2D eigenvalue weighted by Crippen LogP contribution is 2.53. The molecule has 1 atom stereocenters. The Balaban J connectivity index is 2.16. The van der Waals surface area contributed by atoms with Crippen LogP contribution in [0.15, 0.2) is 48.5 Å². The molecule has 2 nitrogen and oxygen atoms in total. The van der Waals surface area contributed by atoms with Gasteiger partial charge in [0.15, 0.2) is 0 Å². The minimum atomic E-state index is -0.364. The molecule has 2 aromatic carbocycles. The first kappa shape index (κ1) is 16.9. The molecule has 1 unspecified atom stereocenters. The van der Waals surface area contributed by atoms with Crippen molar-refractivity contribution < 1.29 is 9.53 Å². The molecular weight excluding hydrogens is 296 g/mol. The quantitative estimate of drug-likeness (QED) is 0.505. The molecule has 0 spiro atoms. The van der Waals surface area contributed by atoms with Crippen LogP contribution in [-0.2, 0) is 14.9 Å². The van der Waals surface area contributed by atoms with E-state index < -0.39 is 0 Å². The van der Waals surface area contributed by atoms with Crippen LogP contribution in [0.5, 0.6) is 0 Å². The van der Waals surface area contributed by atoms with E-state index in [1.54, 1.807) is 7.11 Å². The highest BCUT2D eigenvalue weighted by molar-refractivity contribution is 5.83. The number of aldehydes is 1. The van der Waals surface area contributed by atoms with Crippen molar-refractivity contribution in [1.82, 2.24) is 0 Å². The zero-order valence-corrected chi connectivity index (χ0v) is 14.6. The van der Waals surface area contributed by atoms with Gasteiger partial charge < -0.3 is 9.53 Å². The fraction of sp³-hybridized carbons (Fsp3) is 0.409. The Morgan fingerprint density at radius 1 is 1.00 bits per heavy atom. The van der Waals surface area contributed by atoms with Gasteiger partial charge in [-0.3, -0.25) is 0 Å². The molecule has 126 valence electrons. The first-order chi connectivity index (χ1) is 11.8. The van der Waals surface area contributed by atoms with E-state index in [2.05, 4.69) is 55.5 Å². The normalized spacial score (nSPS) is 15.6. The molecule has 0 amide bonds. The number of carbonyl (C=O) groups excluding carboxylic acids is 1. The van der Waals surface area contributed by atoms with Crippen LogP contribution >= 0.6 is 0 Å². The largest absolute Gasteiger partial charge is 0.383 e. The Morgan fingerprint density at radius 3 is 2.08 bits per heavy atom. The van der Waals surface area contributed by atoms with Gasteiger partial charge in [-0.15, -0.1) is 0 Å². The van der Waals surface area contributed by atoms with Gasteiger partial charge in [-0.05, 0) is 28.7 Å². The van der Waals surface area contributed by atoms with Crippen LogP contribution in [0, 0.1) is 5.92 Å². The Kier molecular flexibility index (Phi) is 5.15. The topological polar surface area (TPSA) is 26.3 Å². The second-order valence-corrected chi connectivity index (χ2v) is 6.73. The van der Waals surface area contributed by atoms with Gasteiger partial charge in [-0.2, -0.15) is 0 Å².